The molecule has 0 aliphatic rings. The van der Waals surface area contributed by atoms with Crippen LogP contribution in [0.4, 0.5) is 20.4 Å². The maximum Gasteiger partial charge on any atom is 0.249 e. The zero-order valence-corrected chi connectivity index (χ0v) is 14.8. The molecule has 2 N–H and O–H groups in total. The molecule has 2 amide bonds. The van der Waals surface area contributed by atoms with Crippen molar-refractivity contribution in [2.45, 2.75) is 0 Å². The lowest BCUT2D eigenvalue weighted by Crippen LogP contribution is -2.13. The van der Waals surface area contributed by atoms with E-state index in [1.165, 1.54) is 72.8 Å². The molecule has 3 rings (SSSR count). The van der Waals surface area contributed by atoms with Crippen LogP contribution in [-0.2, 0) is 9.59 Å². The first-order valence-electron chi connectivity index (χ1n) is 8.31. The summed E-state index contributed by atoms with van der Waals surface area (Å²) < 4.78 is 30.3. The average molecular weight is 396 g/mol. The van der Waals surface area contributed by atoms with Gasteiger partial charge in [0.15, 0.2) is 0 Å². The van der Waals surface area contributed by atoms with Crippen LogP contribution in [0.1, 0.15) is 11.1 Å². The maximum atomic E-state index is 12.9. The molecule has 0 atom stereocenters. The molecule has 0 aliphatic heterocycles. The Hall–Kier alpha value is -4.14. The van der Waals surface area contributed by atoms with Crippen molar-refractivity contribution in [1.82, 2.24) is 10.3 Å². The molecule has 0 fully saturated rings. The Labute approximate surface area is 163 Å². The molecule has 0 spiro atoms. The monoisotopic (exact) mass is 396 g/mol. The van der Waals surface area contributed by atoms with E-state index in [-0.39, 0.29) is 23.3 Å². The lowest BCUT2D eigenvalue weighted by Gasteiger charge is -2.00. The largest absolute Gasteiger partial charge is 0.301 e. The van der Waals surface area contributed by atoms with Gasteiger partial charge in [0.2, 0.25) is 23.5 Å². The van der Waals surface area contributed by atoms with Crippen molar-refractivity contribution in [3.8, 4) is 0 Å². The fraction of sp³-hybridized carbons (Fsp3) is 0. The number of nitrogens with one attached hydrogen (secondary N) is 2. The van der Waals surface area contributed by atoms with E-state index in [0.717, 1.165) is 0 Å². The predicted molar refractivity (Wildman–Crippen MR) is 102 cm³/mol. The molecule has 0 bridgehead atoms. The molecule has 0 saturated carbocycles. The molecule has 7 nitrogen and oxygen atoms in total. The highest BCUT2D eigenvalue weighted by Gasteiger charge is 2.13. The minimum absolute atomic E-state index is 0.0812. The summed E-state index contributed by atoms with van der Waals surface area (Å²) in [5, 5.41) is 11.9. The number of halogens is 2. The van der Waals surface area contributed by atoms with E-state index in [0.29, 0.717) is 11.1 Å². The third kappa shape index (κ3) is 5.93. The maximum absolute atomic E-state index is 12.9. The van der Waals surface area contributed by atoms with E-state index < -0.39 is 11.8 Å². The number of carbonyl (C=O) groups is 2. The predicted octanol–water partition coefficient (Wildman–Crippen LogP) is 3.65. The number of hydrogen-bond donors (Lipinski definition) is 2. The zero-order valence-electron chi connectivity index (χ0n) is 14.8. The molecule has 3 aromatic rings. The number of nitrogens with zero attached hydrogens (tertiary/aromatic N) is 2. The summed E-state index contributed by atoms with van der Waals surface area (Å²) in [5.41, 5.74) is 1.25. The van der Waals surface area contributed by atoms with Gasteiger partial charge in [0.1, 0.15) is 11.6 Å². The third-order valence-electron chi connectivity index (χ3n) is 3.57. The first-order valence-corrected chi connectivity index (χ1v) is 8.31. The van der Waals surface area contributed by atoms with Crippen LogP contribution in [0.3, 0.4) is 0 Å². The van der Waals surface area contributed by atoms with Crippen molar-refractivity contribution in [1.29, 1.82) is 0 Å². The molecule has 9 heteroatoms. The summed E-state index contributed by atoms with van der Waals surface area (Å²) in [4.78, 5) is 24.0. The molecular weight excluding hydrogens is 382 g/mol. The third-order valence-corrected chi connectivity index (χ3v) is 3.57. The number of hydrogen-bond acceptors (Lipinski definition) is 5. The van der Waals surface area contributed by atoms with Crippen LogP contribution >= 0.6 is 0 Å². The van der Waals surface area contributed by atoms with E-state index in [4.69, 9.17) is 0 Å². The molecule has 29 heavy (non-hydrogen) atoms. The van der Waals surface area contributed by atoms with Gasteiger partial charge in [0.25, 0.3) is 0 Å². The van der Waals surface area contributed by atoms with Gasteiger partial charge in [-0.05, 0) is 57.9 Å². The van der Waals surface area contributed by atoms with Crippen LogP contribution in [0.25, 0.3) is 12.2 Å². The lowest BCUT2D eigenvalue weighted by atomic mass is 10.2. The van der Waals surface area contributed by atoms with Gasteiger partial charge in [0, 0.05) is 12.2 Å². The highest BCUT2D eigenvalue weighted by Crippen LogP contribution is 2.16. The highest BCUT2D eigenvalue weighted by molar-refractivity contribution is 6.06. The van der Waals surface area contributed by atoms with Crippen LogP contribution in [0.5, 0.6) is 0 Å². The summed E-state index contributed by atoms with van der Waals surface area (Å²) >= 11 is 0. The number of aromatic nitrogens is 2. The standard InChI is InChI=1S/C20H14F2N4O3/c21-15-7-1-13(2-8-15)5-11-17(27)23-19-20(26-29-25-19)24-18(28)12-6-14-3-9-16(22)10-4-14/h1-12H,(H,23,25,27)(H,24,26,28)/b11-5-,12-6+. The lowest BCUT2D eigenvalue weighted by molar-refractivity contribution is -0.112. The molecule has 0 saturated heterocycles. The summed E-state index contributed by atoms with van der Waals surface area (Å²) in [5.74, 6) is -2.03. The van der Waals surface area contributed by atoms with Gasteiger partial charge in [-0.15, -0.1) is 0 Å². The SMILES string of the molecule is O=C(/C=C\c1ccc(F)cc1)Nc1nonc1NC(=O)/C=C/c1ccc(F)cc1. The first-order chi connectivity index (χ1) is 14.0. The number of amides is 2. The van der Waals surface area contributed by atoms with Crippen LogP contribution in [0, 0.1) is 11.6 Å². The van der Waals surface area contributed by atoms with Crippen LogP contribution < -0.4 is 10.6 Å². The number of anilines is 2. The molecule has 1 heterocycles. The van der Waals surface area contributed by atoms with E-state index in [2.05, 4.69) is 25.6 Å². The van der Waals surface area contributed by atoms with E-state index >= 15 is 0 Å². The van der Waals surface area contributed by atoms with Crippen molar-refractivity contribution in [3.63, 3.8) is 0 Å². The van der Waals surface area contributed by atoms with Gasteiger partial charge in [0.05, 0.1) is 0 Å². The molecule has 146 valence electrons. The Morgan fingerprint density at radius 2 is 1.10 bits per heavy atom. The molecule has 0 aliphatic carbocycles. The number of benzene rings is 2. The van der Waals surface area contributed by atoms with Gasteiger partial charge in [-0.25, -0.2) is 13.4 Å². The smallest absolute Gasteiger partial charge is 0.249 e. The number of rotatable bonds is 6. The van der Waals surface area contributed by atoms with Crippen molar-refractivity contribution in [2.75, 3.05) is 10.6 Å². The zero-order chi connectivity index (χ0) is 20.6. The van der Waals surface area contributed by atoms with Gasteiger partial charge < -0.3 is 10.6 Å². The summed E-state index contributed by atoms with van der Waals surface area (Å²) in [6.45, 7) is 0. The fourth-order valence-electron chi connectivity index (χ4n) is 2.16. The molecule has 2 aromatic carbocycles. The summed E-state index contributed by atoms with van der Waals surface area (Å²) in [6.07, 6.45) is 5.38. The van der Waals surface area contributed by atoms with Crippen molar-refractivity contribution in [2.24, 2.45) is 0 Å². The van der Waals surface area contributed by atoms with Crippen molar-refractivity contribution >= 4 is 35.6 Å². The van der Waals surface area contributed by atoms with Crippen molar-refractivity contribution in [3.05, 3.63) is 83.4 Å². The Kier molecular flexibility index (Phi) is 6.21. The quantitative estimate of drug-likeness (QED) is 0.620. The van der Waals surface area contributed by atoms with Crippen LogP contribution in [0.2, 0.25) is 0 Å². The second-order valence-corrected chi connectivity index (χ2v) is 5.71. The molecular formula is C20H14F2N4O3. The number of carbonyl (C=O) groups excluding carboxylic acids is 2. The Balaban J connectivity index is 1.58. The van der Waals surface area contributed by atoms with Crippen molar-refractivity contribution < 1.29 is 23.0 Å². The summed E-state index contributed by atoms with van der Waals surface area (Å²) in [6, 6.07) is 11.1. The first kappa shape index (κ1) is 19.6. The normalized spacial score (nSPS) is 11.1. The van der Waals surface area contributed by atoms with Gasteiger partial charge in [-0.1, -0.05) is 24.3 Å². The van der Waals surface area contributed by atoms with Gasteiger partial charge >= 0.3 is 0 Å². The second-order valence-electron chi connectivity index (χ2n) is 5.71. The van der Waals surface area contributed by atoms with Gasteiger partial charge in [-0.3, -0.25) is 9.59 Å². The average Bonchev–Trinajstić information content (AvgIpc) is 3.13. The summed E-state index contributed by atoms with van der Waals surface area (Å²) in [7, 11) is 0. The van der Waals surface area contributed by atoms with E-state index in [1.54, 1.807) is 0 Å². The van der Waals surface area contributed by atoms with E-state index in [1.807, 2.05) is 0 Å². The molecule has 0 radical (unpaired) electrons. The Bertz CT molecular complexity index is 974. The Morgan fingerprint density at radius 3 is 1.48 bits per heavy atom. The fourth-order valence-corrected chi connectivity index (χ4v) is 2.16. The minimum Gasteiger partial charge on any atom is -0.301 e. The topological polar surface area (TPSA) is 97.1 Å². The van der Waals surface area contributed by atoms with E-state index in [9.17, 15) is 18.4 Å². The van der Waals surface area contributed by atoms with Crippen LogP contribution in [-0.4, -0.2) is 22.1 Å². The second kappa shape index (κ2) is 9.18. The van der Waals surface area contributed by atoms with Crippen LogP contribution in [0.15, 0.2) is 65.3 Å². The molecule has 0 unspecified atom stereocenters. The minimum atomic E-state index is -0.553. The molecule has 1 aromatic heterocycles. The highest BCUT2D eigenvalue weighted by atomic mass is 19.1. The van der Waals surface area contributed by atoms with Gasteiger partial charge in [-0.2, -0.15) is 0 Å². The Morgan fingerprint density at radius 1 is 0.724 bits per heavy atom.